The first-order chi connectivity index (χ1) is 9.72. The lowest BCUT2D eigenvalue weighted by molar-refractivity contribution is 0.101. The zero-order valence-electron chi connectivity index (χ0n) is 12.1. The number of para-hydroxylation sites is 1. The average Bonchev–Trinajstić information content (AvgIpc) is 3.06. The first kappa shape index (κ1) is 13.7. The standard InChI is InChI=1S/C17H23NO2/c1-18(11-13-6-2-3-7-13)12-15(19)17-10-14-8-4-5-9-16(14)20-17/h4-5,8-10,13,15,19H,2-3,6-7,11-12H2,1H3. The highest BCUT2D eigenvalue weighted by atomic mass is 16.4. The molecule has 1 fully saturated rings. The first-order valence-corrected chi connectivity index (χ1v) is 7.57. The quantitative estimate of drug-likeness (QED) is 0.904. The average molecular weight is 273 g/mol. The van der Waals surface area contributed by atoms with Gasteiger partial charge in [0.05, 0.1) is 0 Å². The molecule has 1 unspecified atom stereocenters. The van der Waals surface area contributed by atoms with Crippen molar-refractivity contribution in [3.8, 4) is 0 Å². The fourth-order valence-electron chi connectivity index (χ4n) is 3.26. The van der Waals surface area contributed by atoms with Crippen LogP contribution in [0.3, 0.4) is 0 Å². The maximum absolute atomic E-state index is 10.3. The Hall–Kier alpha value is -1.32. The number of hydrogen-bond donors (Lipinski definition) is 1. The van der Waals surface area contributed by atoms with Gasteiger partial charge in [-0.25, -0.2) is 0 Å². The lowest BCUT2D eigenvalue weighted by atomic mass is 10.1. The fraction of sp³-hybridized carbons (Fsp3) is 0.529. The molecule has 0 aliphatic heterocycles. The third-order valence-electron chi connectivity index (χ3n) is 4.30. The normalized spacial score (nSPS) is 18.1. The Balaban J connectivity index is 1.61. The topological polar surface area (TPSA) is 36.6 Å². The molecule has 2 aromatic rings. The van der Waals surface area contributed by atoms with E-state index in [2.05, 4.69) is 11.9 Å². The molecule has 108 valence electrons. The summed E-state index contributed by atoms with van der Waals surface area (Å²) in [5, 5.41) is 11.4. The Bertz CT molecular complexity index is 524. The van der Waals surface area contributed by atoms with E-state index >= 15 is 0 Å². The highest BCUT2D eigenvalue weighted by Gasteiger charge is 2.20. The Morgan fingerprint density at radius 2 is 2.05 bits per heavy atom. The van der Waals surface area contributed by atoms with Gasteiger partial charge in [-0.15, -0.1) is 0 Å². The second-order valence-corrected chi connectivity index (χ2v) is 6.07. The minimum Gasteiger partial charge on any atom is -0.458 e. The van der Waals surface area contributed by atoms with Crippen LogP contribution in [0.4, 0.5) is 0 Å². The fourth-order valence-corrected chi connectivity index (χ4v) is 3.26. The van der Waals surface area contributed by atoms with Crippen LogP contribution in [0.25, 0.3) is 11.0 Å². The van der Waals surface area contributed by atoms with Crippen LogP contribution in [0.2, 0.25) is 0 Å². The summed E-state index contributed by atoms with van der Waals surface area (Å²) in [5.41, 5.74) is 0.847. The van der Waals surface area contributed by atoms with E-state index in [0.717, 1.165) is 23.4 Å². The van der Waals surface area contributed by atoms with Gasteiger partial charge in [0.15, 0.2) is 0 Å². The van der Waals surface area contributed by atoms with Crippen LogP contribution in [0.1, 0.15) is 37.5 Å². The maximum atomic E-state index is 10.3. The Kier molecular flexibility index (Phi) is 4.08. The molecule has 3 rings (SSSR count). The van der Waals surface area contributed by atoms with Gasteiger partial charge in [0.25, 0.3) is 0 Å². The molecule has 0 spiro atoms. The van der Waals surface area contributed by atoms with Crippen LogP contribution in [0, 0.1) is 5.92 Å². The summed E-state index contributed by atoms with van der Waals surface area (Å²) in [5.74, 6) is 1.48. The minimum absolute atomic E-state index is 0.547. The Morgan fingerprint density at radius 3 is 2.80 bits per heavy atom. The van der Waals surface area contributed by atoms with Crippen molar-refractivity contribution in [2.24, 2.45) is 5.92 Å². The van der Waals surface area contributed by atoms with Crippen molar-refractivity contribution in [1.29, 1.82) is 0 Å². The number of aliphatic hydroxyl groups is 1. The van der Waals surface area contributed by atoms with Gasteiger partial charge in [-0.1, -0.05) is 31.0 Å². The molecule has 20 heavy (non-hydrogen) atoms. The van der Waals surface area contributed by atoms with Gasteiger partial charge >= 0.3 is 0 Å². The predicted octanol–water partition coefficient (Wildman–Crippen LogP) is 3.59. The van der Waals surface area contributed by atoms with E-state index in [4.69, 9.17) is 4.42 Å². The molecule has 3 nitrogen and oxygen atoms in total. The molecule has 1 atom stereocenters. The van der Waals surface area contributed by atoms with Crippen molar-refractivity contribution < 1.29 is 9.52 Å². The van der Waals surface area contributed by atoms with Crippen molar-refractivity contribution in [3.05, 3.63) is 36.1 Å². The SMILES string of the molecule is CN(CC1CCCC1)CC(O)c1cc2ccccc2o1. The minimum atomic E-state index is -0.547. The molecule has 1 saturated carbocycles. The molecule has 0 saturated heterocycles. The van der Waals surface area contributed by atoms with Crippen LogP contribution < -0.4 is 0 Å². The summed E-state index contributed by atoms with van der Waals surface area (Å²) in [6.45, 7) is 1.72. The summed E-state index contributed by atoms with van der Waals surface area (Å²) in [4.78, 5) is 2.23. The third-order valence-corrected chi connectivity index (χ3v) is 4.30. The molecular formula is C17H23NO2. The number of fused-ring (bicyclic) bond motifs is 1. The second kappa shape index (κ2) is 5.98. The third kappa shape index (κ3) is 3.05. The summed E-state index contributed by atoms with van der Waals surface area (Å²) in [7, 11) is 2.09. The first-order valence-electron chi connectivity index (χ1n) is 7.57. The molecule has 0 bridgehead atoms. The smallest absolute Gasteiger partial charge is 0.135 e. The highest BCUT2D eigenvalue weighted by molar-refractivity contribution is 5.77. The van der Waals surface area contributed by atoms with Gasteiger partial charge in [0, 0.05) is 18.5 Å². The van der Waals surface area contributed by atoms with Crippen LogP contribution in [-0.2, 0) is 0 Å². The van der Waals surface area contributed by atoms with Gasteiger partial charge in [-0.3, -0.25) is 0 Å². The molecule has 0 radical (unpaired) electrons. The number of rotatable bonds is 5. The second-order valence-electron chi connectivity index (χ2n) is 6.07. The molecular weight excluding hydrogens is 250 g/mol. The summed E-state index contributed by atoms with van der Waals surface area (Å²) in [6, 6.07) is 9.84. The predicted molar refractivity (Wildman–Crippen MR) is 80.6 cm³/mol. The van der Waals surface area contributed by atoms with Crippen molar-refractivity contribution in [1.82, 2.24) is 4.90 Å². The zero-order chi connectivity index (χ0) is 13.9. The maximum Gasteiger partial charge on any atom is 0.135 e. The molecule has 1 heterocycles. The molecule has 1 aromatic heterocycles. The molecule has 3 heteroatoms. The van der Waals surface area contributed by atoms with E-state index in [1.165, 1.54) is 25.7 Å². The Labute approximate surface area is 120 Å². The summed E-state index contributed by atoms with van der Waals surface area (Å²) in [6.07, 6.45) is 4.86. The summed E-state index contributed by atoms with van der Waals surface area (Å²) < 4.78 is 5.72. The van der Waals surface area contributed by atoms with Crippen molar-refractivity contribution in [2.45, 2.75) is 31.8 Å². The highest BCUT2D eigenvalue weighted by Crippen LogP contribution is 2.27. The summed E-state index contributed by atoms with van der Waals surface area (Å²) >= 11 is 0. The van der Waals surface area contributed by atoms with E-state index in [-0.39, 0.29) is 0 Å². The van der Waals surface area contributed by atoms with Crippen LogP contribution in [-0.4, -0.2) is 30.1 Å². The van der Waals surface area contributed by atoms with Crippen LogP contribution in [0.5, 0.6) is 0 Å². The van der Waals surface area contributed by atoms with Crippen molar-refractivity contribution >= 4 is 11.0 Å². The molecule has 1 N–H and O–H groups in total. The molecule has 0 amide bonds. The molecule has 1 aliphatic carbocycles. The Morgan fingerprint density at radius 1 is 1.30 bits per heavy atom. The van der Waals surface area contributed by atoms with Gasteiger partial charge in [0.1, 0.15) is 17.4 Å². The van der Waals surface area contributed by atoms with E-state index in [1.54, 1.807) is 0 Å². The number of benzene rings is 1. The van der Waals surface area contributed by atoms with Gasteiger partial charge in [0.2, 0.25) is 0 Å². The lowest BCUT2D eigenvalue weighted by Crippen LogP contribution is -2.29. The van der Waals surface area contributed by atoms with E-state index in [1.807, 2.05) is 30.3 Å². The number of furan rings is 1. The van der Waals surface area contributed by atoms with Gasteiger partial charge < -0.3 is 14.4 Å². The van der Waals surface area contributed by atoms with Crippen LogP contribution in [0.15, 0.2) is 34.7 Å². The molecule has 1 aliphatic rings. The van der Waals surface area contributed by atoms with Crippen molar-refractivity contribution in [3.63, 3.8) is 0 Å². The van der Waals surface area contributed by atoms with Crippen molar-refractivity contribution in [2.75, 3.05) is 20.1 Å². The lowest BCUT2D eigenvalue weighted by Gasteiger charge is -2.22. The monoisotopic (exact) mass is 273 g/mol. The number of aliphatic hydroxyl groups excluding tert-OH is 1. The molecule has 1 aromatic carbocycles. The van der Waals surface area contributed by atoms with E-state index in [0.29, 0.717) is 12.3 Å². The van der Waals surface area contributed by atoms with Crippen LogP contribution >= 0.6 is 0 Å². The largest absolute Gasteiger partial charge is 0.458 e. The number of nitrogens with zero attached hydrogens (tertiary/aromatic N) is 1. The van der Waals surface area contributed by atoms with E-state index in [9.17, 15) is 5.11 Å². The van der Waals surface area contributed by atoms with Gasteiger partial charge in [-0.05, 0) is 37.9 Å². The number of likely N-dealkylation sites (N-methyl/N-ethyl adjacent to an activating group) is 1. The van der Waals surface area contributed by atoms with Gasteiger partial charge in [-0.2, -0.15) is 0 Å². The number of hydrogen-bond acceptors (Lipinski definition) is 3. The zero-order valence-corrected chi connectivity index (χ0v) is 12.1. The van der Waals surface area contributed by atoms with E-state index < -0.39 is 6.10 Å².